The number of halogens is 1. The molecule has 0 aliphatic carbocycles. The second-order valence-corrected chi connectivity index (χ2v) is 4.57. The van der Waals surface area contributed by atoms with Crippen LogP contribution in [0.3, 0.4) is 0 Å². The molecule has 1 aromatic heterocycles. The number of rotatable bonds is 6. The first-order valence-corrected chi connectivity index (χ1v) is 6.76. The predicted octanol–water partition coefficient (Wildman–Crippen LogP) is 3.21. The molecule has 3 nitrogen and oxygen atoms in total. The van der Waals surface area contributed by atoms with Gasteiger partial charge in [0.15, 0.2) is 0 Å². The van der Waals surface area contributed by atoms with Crippen LogP contribution >= 0.6 is 0 Å². The fourth-order valence-electron chi connectivity index (χ4n) is 2.09. The van der Waals surface area contributed by atoms with Gasteiger partial charge in [-0.15, -0.1) is 0 Å². The summed E-state index contributed by atoms with van der Waals surface area (Å²) in [6.07, 6.45) is 4.82. The van der Waals surface area contributed by atoms with Crippen LogP contribution in [0.4, 0.5) is 4.39 Å². The highest BCUT2D eigenvalue weighted by Gasteiger charge is 2.08. The van der Waals surface area contributed by atoms with Crippen molar-refractivity contribution in [1.82, 2.24) is 15.1 Å². The normalized spacial score (nSPS) is 10.9. The monoisotopic (exact) mass is 261 g/mol. The van der Waals surface area contributed by atoms with Crippen molar-refractivity contribution < 1.29 is 4.39 Å². The van der Waals surface area contributed by atoms with Crippen molar-refractivity contribution in [3.8, 4) is 11.1 Å². The van der Waals surface area contributed by atoms with Crippen LogP contribution in [0.5, 0.6) is 0 Å². The van der Waals surface area contributed by atoms with E-state index in [1.807, 2.05) is 16.9 Å². The van der Waals surface area contributed by atoms with Gasteiger partial charge in [-0.25, -0.2) is 4.39 Å². The SMILES string of the molecule is CCCn1cc(-c2cc(F)ccc2CNCC)cn1. The van der Waals surface area contributed by atoms with Crippen LogP contribution in [0.2, 0.25) is 0 Å². The third kappa shape index (κ3) is 3.41. The van der Waals surface area contributed by atoms with Gasteiger partial charge in [0.05, 0.1) is 6.20 Å². The molecule has 0 aliphatic rings. The molecule has 4 heteroatoms. The molecule has 102 valence electrons. The minimum absolute atomic E-state index is 0.210. The first-order chi connectivity index (χ1) is 9.24. The smallest absolute Gasteiger partial charge is 0.123 e. The molecule has 0 aliphatic heterocycles. The quantitative estimate of drug-likeness (QED) is 0.865. The topological polar surface area (TPSA) is 29.9 Å². The number of aryl methyl sites for hydroxylation is 1. The van der Waals surface area contributed by atoms with E-state index in [4.69, 9.17) is 0 Å². The van der Waals surface area contributed by atoms with Crippen molar-refractivity contribution in [3.05, 3.63) is 42.0 Å². The van der Waals surface area contributed by atoms with Crippen LogP contribution in [-0.2, 0) is 13.1 Å². The van der Waals surface area contributed by atoms with Crippen LogP contribution < -0.4 is 5.32 Å². The average Bonchev–Trinajstić information content (AvgIpc) is 2.86. The van der Waals surface area contributed by atoms with Gasteiger partial charge < -0.3 is 5.32 Å². The Morgan fingerprint density at radius 3 is 2.89 bits per heavy atom. The summed E-state index contributed by atoms with van der Waals surface area (Å²) in [4.78, 5) is 0. The fourth-order valence-corrected chi connectivity index (χ4v) is 2.09. The molecule has 0 unspecified atom stereocenters. The van der Waals surface area contributed by atoms with Gasteiger partial charge >= 0.3 is 0 Å². The van der Waals surface area contributed by atoms with Gasteiger partial charge in [-0.2, -0.15) is 5.10 Å². The Labute approximate surface area is 113 Å². The molecule has 0 bridgehead atoms. The third-order valence-corrected chi connectivity index (χ3v) is 3.03. The third-order valence-electron chi connectivity index (χ3n) is 3.03. The maximum Gasteiger partial charge on any atom is 0.123 e. The zero-order chi connectivity index (χ0) is 13.7. The lowest BCUT2D eigenvalue weighted by molar-refractivity contribution is 0.603. The van der Waals surface area contributed by atoms with E-state index in [0.717, 1.165) is 42.7 Å². The average molecular weight is 261 g/mol. The minimum atomic E-state index is -0.210. The van der Waals surface area contributed by atoms with Crippen molar-refractivity contribution in [1.29, 1.82) is 0 Å². The molecule has 0 saturated carbocycles. The van der Waals surface area contributed by atoms with E-state index < -0.39 is 0 Å². The molecule has 0 fully saturated rings. The second-order valence-electron chi connectivity index (χ2n) is 4.57. The maximum absolute atomic E-state index is 13.5. The number of benzene rings is 1. The summed E-state index contributed by atoms with van der Waals surface area (Å²) in [7, 11) is 0. The number of aromatic nitrogens is 2. The Morgan fingerprint density at radius 1 is 1.32 bits per heavy atom. The van der Waals surface area contributed by atoms with Crippen molar-refractivity contribution in [2.45, 2.75) is 33.4 Å². The number of nitrogens with zero attached hydrogens (tertiary/aromatic N) is 2. The summed E-state index contributed by atoms with van der Waals surface area (Å²) in [5.41, 5.74) is 2.99. The lowest BCUT2D eigenvalue weighted by Crippen LogP contribution is -2.12. The highest BCUT2D eigenvalue weighted by atomic mass is 19.1. The first kappa shape index (κ1) is 13.7. The maximum atomic E-state index is 13.5. The predicted molar refractivity (Wildman–Crippen MR) is 75.3 cm³/mol. The Bertz CT molecular complexity index is 534. The minimum Gasteiger partial charge on any atom is -0.313 e. The first-order valence-electron chi connectivity index (χ1n) is 6.76. The molecule has 1 N–H and O–H groups in total. The summed E-state index contributed by atoms with van der Waals surface area (Å²) in [5, 5.41) is 7.58. The number of hydrogen-bond donors (Lipinski definition) is 1. The Morgan fingerprint density at radius 2 is 2.16 bits per heavy atom. The van der Waals surface area contributed by atoms with E-state index in [2.05, 4.69) is 24.3 Å². The molecule has 0 spiro atoms. The lowest BCUT2D eigenvalue weighted by Gasteiger charge is -2.08. The van der Waals surface area contributed by atoms with E-state index in [1.165, 1.54) is 6.07 Å². The Balaban J connectivity index is 2.32. The highest BCUT2D eigenvalue weighted by molar-refractivity contribution is 5.66. The van der Waals surface area contributed by atoms with Crippen molar-refractivity contribution >= 4 is 0 Å². The molecule has 1 heterocycles. The van der Waals surface area contributed by atoms with Crippen molar-refractivity contribution in [2.24, 2.45) is 0 Å². The van der Waals surface area contributed by atoms with Gasteiger partial charge in [0, 0.05) is 24.8 Å². The summed E-state index contributed by atoms with van der Waals surface area (Å²) < 4.78 is 15.4. The zero-order valence-corrected chi connectivity index (χ0v) is 11.5. The summed E-state index contributed by atoms with van der Waals surface area (Å²) in [5.74, 6) is -0.210. The summed E-state index contributed by atoms with van der Waals surface area (Å²) in [6, 6.07) is 4.93. The molecule has 2 aromatic rings. The molecule has 0 atom stereocenters. The number of hydrogen-bond acceptors (Lipinski definition) is 2. The van der Waals surface area contributed by atoms with Crippen LogP contribution in [0.1, 0.15) is 25.8 Å². The van der Waals surface area contributed by atoms with E-state index in [9.17, 15) is 4.39 Å². The van der Waals surface area contributed by atoms with Gasteiger partial charge in [-0.05, 0) is 36.2 Å². The molecule has 2 rings (SSSR count). The van der Waals surface area contributed by atoms with E-state index >= 15 is 0 Å². The Hall–Kier alpha value is -1.68. The van der Waals surface area contributed by atoms with Gasteiger partial charge in [-0.1, -0.05) is 19.9 Å². The van der Waals surface area contributed by atoms with E-state index in [1.54, 1.807) is 12.3 Å². The molecular formula is C15H20FN3. The van der Waals surface area contributed by atoms with Crippen LogP contribution in [0, 0.1) is 5.82 Å². The van der Waals surface area contributed by atoms with E-state index in [0.29, 0.717) is 0 Å². The van der Waals surface area contributed by atoms with Crippen LogP contribution in [0.15, 0.2) is 30.6 Å². The standard InChI is InChI=1S/C15H20FN3/c1-3-7-19-11-13(10-18-19)15-8-14(16)6-5-12(15)9-17-4-2/h5-6,8,10-11,17H,3-4,7,9H2,1-2H3. The van der Waals surface area contributed by atoms with Gasteiger partial charge in [0.25, 0.3) is 0 Å². The second kappa shape index (κ2) is 6.48. The van der Waals surface area contributed by atoms with Crippen LogP contribution in [0.25, 0.3) is 11.1 Å². The molecule has 0 saturated heterocycles. The van der Waals surface area contributed by atoms with Crippen molar-refractivity contribution in [3.63, 3.8) is 0 Å². The van der Waals surface area contributed by atoms with E-state index in [-0.39, 0.29) is 5.82 Å². The zero-order valence-electron chi connectivity index (χ0n) is 11.5. The summed E-state index contributed by atoms with van der Waals surface area (Å²) >= 11 is 0. The van der Waals surface area contributed by atoms with Gasteiger partial charge in [0.2, 0.25) is 0 Å². The Kier molecular flexibility index (Phi) is 4.68. The molecule has 1 aromatic carbocycles. The van der Waals surface area contributed by atoms with Crippen LogP contribution in [-0.4, -0.2) is 16.3 Å². The van der Waals surface area contributed by atoms with Crippen molar-refractivity contribution in [2.75, 3.05) is 6.54 Å². The fraction of sp³-hybridized carbons (Fsp3) is 0.400. The lowest BCUT2D eigenvalue weighted by atomic mass is 10.0. The highest BCUT2D eigenvalue weighted by Crippen LogP contribution is 2.24. The van der Waals surface area contributed by atoms with Gasteiger partial charge in [0.1, 0.15) is 5.82 Å². The molecule has 0 radical (unpaired) electrons. The number of nitrogens with one attached hydrogen (secondary N) is 1. The molecular weight excluding hydrogens is 241 g/mol. The molecule has 0 amide bonds. The summed E-state index contributed by atoms with van der Waals surface area (Å²) in [6.45, 7) is 6.69. The largest absolute Gasteiger partial charge is 0.313 e. The van der Waals surface area contributed by atoms with Gasteiger partial charge in [-0.3, -0.25) is 4.68 Å². The molecule has 19 heavy (non-hydrogen) atoms.